The van der Waals surface area contributed by atoms with Crippen LogP contribution >= 0.6 is 23.1 Å². The van der Waals surface area contributed by atoms with Crippen molar-refractivity contribution in [2.45, 2.75) is 45.3 Å². The minimum absolute atomic E-state index is 0.0980. The van der Waals surface area contributed by atoms with Gasteiger partial charge in [-0.2, -0.15) is 5.26 Å². The van der Waals surface area contributed by atoms with Gasteiger partial charge in [0.2, 0.25) is 18.6 Å². The number of anilines is 1. The molecule has 2 aromatic heterocycles. The number of nitrogens with one attached hydrogen (secondary N) is 1. The van der Waals surface area contributed by atoms with Gasteiger partial charge in [-0.25, -0.2) is 0 Å². The van der Waals surface area contributed by atoms with E-state index in [4.69, 9.17) is 13.9 Å². The SMILES string of the molecule is CC(C)(C)[C@@H]1CCc2c(sc(NC(=O)CSc3nnc(-c4ccc5c(c4)OCO5)o3)c2C#N)C1. The third-order valence-electron chi connectivity index (χ3n) is 6.21. The van der Waals surface area contributed by atoms with Gasteiger partial charge in [0.05, 0.1) is 11.3 Å². The Labute approximate surface area is 205 Å². The van der Waals surface area contributed by atoms with Crippen LogP contribution in [0.25, 0.3) is 11.5 Å². The van der Waals surface area contributed by atoms with E-state index < -0.39 is 0 Å². The smallest absolute Gasteiger partial charge is 0.277 e. The van der Waals surface area contributed by atoms with Crippen molar-refractivity contribution in [3.8, 4) is 29.0 Å². The zero-order valence-electron chi connectivity index (χ0n) is 19.1. The predicted molar refractivity (Wildman–Crippen MR) is 129 cm³/mol. The predicted octanol–water partition coefficient (Wildman–Crippen LogP) is 5.28. The van der Waals surface area contributed by atoms with Gasteiger partial charge in [-0.1, -0.05) is 32.5 Å². The van der Waals surface area contributed by atoms with Crippen molar-refractivity contribution in [3.63, 3.8) is 0 Å². The summed E-state index contributed by atoms with van der Waals surface area (Å²) in [5, 5.41) is 21.7. The number of carbonyl (C=O) groups excluding carboxylic acids is 1. The van der Waals surface area contributed by atoms with E-state index in [1.54, 1.807) is 12.1 Å². The Morgan fingerprint density at radius 3 is 2.91 bits per heavy atom. The Morgan fingerprint density at radius 1 is 1.29 bits per heavy atom. The summed E-state index contributed by atoms with van der Waals surface area (Å²) in [5.74, 6) is 2.10. The highest BCUT2D eigenvalue weighted by Crippen LogP contribution is 2.44. The van der Waals surface area contributed by atoms with Crippen LogP contribution in [0, 0.1) is 22.7 Å². The van der Waals surface area contributed by atoms with Crippen molar-refractivity contribution >= 4 is 34.0 Å². The van der Waals surface area contributed by atoms with Crippen molar-refractivity contribution < 1.29 is 18.7 Å². The maximum Gasteiger partial charge on any atom is 0.277 e. The molecule has 5 rings (SSSR count). The molecule has 0 saturated heterocycles. The fourth-order valence-electron chi connectivity index (χ4n) is 4.24. The van der Waals surface area contributed by atoms with E-state index in [0.29, 0.717) is 44.7 Å². The first-order chi connectivity index (χ1) is 16.3. The molecule has 176 valence electrons. The molecule has 0 bridgehead atoms. The van der Waals surface area contributed by atoms with E-state index in [1.807, 2.05) is 6.07 Å². The Balaban J connectivity index is 1.22. The van der Waals surface area contributed by atoms with Crippen LogP contribution in [0.5, 0.6) is 11.5 Å². The van der Waals surface area contributed by atoms with Crippen molar-refractivity contribution in [2.24, 2.45) is 11.3 Å². The summed E-state index contributed by atoms with van der Waals surface area (Å²) in [4.78, 5) is 13.9. The van der Waals surface area contributed by atoms with E-state index in [2.05, 4.69) is 42.4 Å². The van der Waals surface area contributed by atoms with Crippen molar-refractivity contribution in [1.29, 1.82) is 5.26 Å². The van der Waals surface area contributed by atoms with Crippen molar-refractivity contribution in [3.05, 3.63) is 34.2 Å². The molecule has 1 amide bonds. The topological polar surface area (TPSA) is 110 Å². The van der Waals surface area contributed by atoms with Gasteiger partial charge in [0, 0.05) is 10.4 Å². The first-order valence-corrected chi connectivity index (χ1v) is 12.8. The summed E-state index contributed by atoms with van der Waals surface area (Å²) in [6.07, 6.45) is 2.90. The number of nitrogens with zero attached hydrogens (tertiary/aromatic N) is 3. The zero-order valence-corrected chi connectivity index (χ0v) is 20.8. The number of thiophene rings is 1. The summed E-state index contributed by atoms with van der Waals surface area (Å²) in [7, 11) is 0. The van der Waals surface area contributed by atoms with Crippen LogP contribution in [0.15, 0.2) is 27.8 Å². The van der Waals surface area contributed by atoms with Gasteiger partial charge in [-0.3, -0.25) is 4.79 Å². The Morgan fingerprint density at radius 2 is 2.12 bits per heavy atom. The summed E-state index contributed by atoms with van der Waals surface area (Å²) in [6, 6.07) is 7.69. The molecule has 1 atom stereocenters. The van der Waals surface area contributed by atoms with Crippen LogP contribution in [0.4, 0.5) is 5.00 Å². The number of aromatic nitrogens is 2. The minimum Gasteiger partial charge on any atom is -0.454 e. The van der Waals surface area contributed by atoms with Gasteiger partial charge in [-0.15, -0.1) is 21.5 Å². The largest absolute Gasteiger partial charge is 0.454 e. The van der Waals surface area contributed by atoms with Crippen LogP contribution in [-0.2, 0) is 17.6 Å². The maximum absolute atomic E-state index is 12.6. The summed E-state index contributed by atoms with van der Waals surface area (Å²) >= 11 is 2.68. The van der Waals surface area contributed by atoms with E-state index in [1.165, 1.54) is 16.2 Å². The van der Waals surface area contributed by atoms with E-state index in [0.717, 1.165) is 36.6 Å². The molecule has 0 radical (unpaired) electrons. The highest BCUT2D eigenvalue weighted by molar-refractivity contribution is 7.99. The Bertz CT molecular complexity index is 1290. The zero-order chi connectivity index (χ0) is 23.9. The molecule has 1 aromatic carbocycles. The lowest BCUT2D eigenvalue weighted by Gasteiger charge is -2.33. The lowest BCUT2D eigenvalue weighted by atomic mass is 9.72. The highest BCUT2D eigenvalue weighted by Gasteiger charge is 2.32. The summed E-state index contributed by atoms with van der Waals surface area (Å²) in [6.45, 7) is 6.97. The number of rotatable bonds is 5. The molecule has 3 aromatic rings. The number of thioether (sulfide) groups is 1. The standard InChI is InChI=1S/C24H24N4O4S2/c1-24(2,3)14-5-6-15-16(10-25)22(34-19(15)9-14)26-20(29)11-33-23-28-27-21(32-23)13-4-7-17-18(8-13)31-12-30-17/h4,7-8,14H,5-6,9,11-12H2,1-3H3,(H,26,29)/t14-/m1/s1. The number of fused-ring (bicyclic) bond motifs is 2. The molecular formula is C24H24N4O4S2. The second-order valence-corrected chi connectivity index (χ2v) is 11.4. The van der Waals surface area contributed by atoms with Gasteiger partial charge in [0.25, 0.3) is 5.22 Å². The molecule has 0 spiro atoms. The van der Waals surface area contributed by atoms with E-state index in [9.17, 15) is 10.1 Å². The second-order valence-electron chi connectivity index (χ2n) is 9.40. The average Bonchev–Trinajstić information content (AvgIpc) is 3.53. The molecule has 0 fully saturated rings. The molecule has 0 unspecified atom stereocenters. The molecule has 1 aliphatic heterocycles. The number of carbonyl (C=O) groups is 1. The lowest BCUT2D eigenvalue weighted by molar-refractivity contribution is -0.113. The maximum atomic E-state index is 12.6. The molecule has 0 saturated carbocycles. The Hall–Kier alpha value is -3.03. The second kappa shape index (κ2) is 8.96. The van der Waals surface area contributed by atoms with Gasteiger partial charge < -0.3 is 19.2 Å². The first-order valence-electron chi connectivity index (χ1n) is 11.0. The Kier molecular flexibility index (Phi) is 6.00. The number of hydrogen-bond donors (Lipinski definition) is 1. The van der Waals surface area contributed by atoms with Crippen LogP contribution in [0.1, 0.15) is 43.2 Å². The van der Waals surface area contributed by atoms with Crippen LogP contribution in [-0.4, -0.2) is 28.7 Å². The van der Waals surface area contributed by atoms with Crippen LogP contribution in [0.3, 0.4) is 0 Å². The van der Waals surface area contributed by atoms with Gasteiger partial charge in [0.15, 0.2) is 11.5 Å². The fourth-order valence-corrected chi connectivity index (χ4v) is 6.09. The number of hydrogen-bond acceptors (Lipinski definition) is 9. The van der Waals surface area contributed by atoms with Gasteiger partial charge >= 0.3 is 0 Å². The highest BCUT2D eigenvalue weighted by atomic mass is 32.2. The normalized spacial score (nSPS) is 16.7. The molecule has 1 N–H and O–H groups in total. The monoisotopic (exact) mass is 496 g/mol. The molecule has 8 nitrogen and oxygen atoms in total. The van der Waals surface area contributed by atoms with Crippen molar-refractivity contribution in [1.82, 2.24) is 10.2 Å². The van der Waals surface area contributed by atoms with Crippen molar-refractivity contribution in [2.75, 3.05) is 17.9 Å². The third kappa shape index (κ3) is 4.50. The molecule has 2 aliphatic rings. The van der Waals surface area contributed by atoms with Gasteiger partial charge in [0.1, 0.15) is 11.1 Å². The van der Waals surface area contributed by atoms with Crippen LogP contribution in [0.2, 0.25) is 0 Å². The van der Waals surface area contributed by atoms with Crippen LogP contribution < -0.4 is 14.8 Å². The number of benzene rings is 1. The molecular weight excluding hydrogens is 472 g/mol. The third-order valence-corrected chi connectivity index (χ3v) is 8.20. The quantitative estimate of drug-likeness (QED) is 0.475. The molecule has 1 aliphatic carbocycles. The molecule has 34 heavy (non-hydrogen) atoms. The van der Waals surface area contributed by atoms with E-state index >= 15 is 0 Å². The molecule has 3 heterocycles. The summed E-state index contributed by atoms with van der Waals surface area (Å²) in [5.41, 5.74) is 2.64. The van der Waals surface area contributed by atoms with Gasteiger partial charge in [-0.05, 0) is 54.4 Å². The fraction of sp³-hybridized carbons (Fsp3) is 0.417. The number of amides is 1. The van der Waals surface area contributed by atoms with E-state index in [-0.39, 0.29) is 23.9 Å². The average molecular weight is 497 g/mol. The first kappa shape index (κ1) is 22.7. The lowest BCUT2D eigenvalue weighted by Crippen LogP contribution is -2.26. The summed E-state index contributed by atoms with van der Waals surface area (Å²) < 4.78 is 16.4. The minimum atomic E-state index is -0.213. The number of nitriles is 1. The molecule has 10 heteroatoms. The number of ether oxygens (including phenoxy) is 2.